The van der Waals surface area contributed by atoms with Gasteiger partial charge >= 0.3 is 0 Å². The molecular weight excluding hydrogens is 317 g/mol. The maximum atomic E-state index is 4.13. The van der Waals surface area contributed by atoms with Gasteiger partial charge in [-0.05, 0) is 35.1 Å². The van der Waals surface area contributed by atoms with Gasteiger partial charge in [0.15, 0.2) is 0 Å². The van der Waals surface area contributed by atoms with E-state index in [-0.39, 0.29) is 0 Å². The van der Waals surface area contributed by atoms with Crippen molar-refractivity contribution in [3.8, 4) is 0 Å². The van der Waals surface area contributed by atoms with Crippen LogP contribution in [0.2, 0.25) is 0 Å². The first kappa shape index (κ1) is 15.8. The topological polar surface area (TPSA) is 12.4 Å². The average molecular weight is 341 g/mol. The lowest BCUT2D eigenvalue weighted by molar-refractivity contribution is 0.578. The molecule has 1 saturated carbocycles. The molecule has 0 aromatic carbocycles. The second kappa shape index (κ2) is 12.8. The van der Waals surface area contributed by atoms with E-state index in [9.17, 15) is 0 Å². The maximum absolute atomic E-state index is 4.13. The zero-order valence-corrected chi connectivity index (χ0v) is 13.0. The molecule has 1 nitrogen and oxygen atoms in total. The van der Waals surface area contributed by atoms with Crippen molar-refractivity contribution in [2.75, 3.05) is 10.7 Å². The van der Waals surface area contributed by atoms with E-state index in [0.717, 1.165) is 5.92 Å². The summed E-state index contributed by atoms with van der Waals surface area (Å²) in [6, 6.07) is 0. The van der Waals surface area contributed by atoms with Crippen LogP contribution in [0.3, 0.4) is 0 Å². The van der Waals surface area contributed by atoms with Crippen molar-refractivity contribution in [1.29, 1.82) is 0 Å². The zero-order chi connectivity index (χ0) is 11.4. The molecule has 15 heavy (non-hydrogen) atoms. The highest BCUT2D eigenvalue weighted by Crippen LogP contribution is 2.26. The van der Waals surface area contributed by atoms with Crippen LogP contribution in [0.4, 0.5) is 0 Å². The lowest BCUT2D eigenvalue weighted by atomic mass is 10.1. The fourth-order valence-corrected chi connectivity index (χ4v) is 2.64. The van der Waals surface area contributed by atoms with Gasteiger partial charge in [0, 0.05) is 12.5 Å². The predicted octanol–water partition coefficient (Wildman–Crippen LogP) is 5.14. The predicted molar refractivity (Wildman–Crippen MR) is 82.4 cm³/mol. The molecule has 0 radical (unpaired) electrons. The summed E-state index contributed by atoms with van der Waals surface area (Å²) in [7, 11) is 0. The second-order valence-corrected chi connectivity index (χ2v) is 5.55. The molecule has 0 aliphatic heterocycles. The number of halogens is 1. The Bertz CT molecular complexity index is 143. The Morgan fingerprint density at radius 1 is 1.40 bits per heavy atom. The van der Waals surface area contributed by atoms with E-state index >= 15 is 0 Å². The highest BCUT2D eigenvalue weighted by Gasteiger charge is 2.12. The van der Waals surface area contributed by atoms with Gasteiger partial charge < -0.3 is 0 Å². The number of nitrogens with zero attached hydrogens (tertiary/aromatic N) is 1. The Balaban J connectivity index is 0.000000336. The van der Waals surface area contributed by atoms with E-state index in [2.05, 4.69) is 40.1 Å². The highest BCUT2D eigenvalue weighted by atomic mass is 127. The molecule has 3 heteroatoms. The molecular formula is C12H24INS. The summed E-state index contributed by atoms with van der Waals surface area (Å²) in [5.41, 5.74) is 0. The van der Waals surface area contributed by atoms with E-state index in [1.807, 2.05) is 6.26 Å². The van der Waals surface area contributed by atoms with E-state index < -0.39 is 0 Å². The van der Waals surface area contributed by atoms with E-state index in [1.165, 1.54) is 49.4 Å². The van der Waals surface area contributed by atoms with Crippen molar-refractivity contribution in [3.63, 3.8) is 0 Å². The summed E-state index contributed by atoms with van der Waals surface area (Å²) in [6.07, 6.45) is 13.7. The average Bonchev–Trinajstić information content (AvgIpc) is 2.73. The molecule has 0 spiro atoms. The van der Waals surface area contributed by atoms with Crippen molar-refractivity contribution in [2.24, 2.45) is 10.3 Å². The molecule has 1 aliphatic rings. The SMILES string of the molecule is CCCCI.CS/N=C/CC1CCCC1. The van der Waals surface area contributed by atoms with Gasteiger partial charge in [-0.15, -0.1) is 0 Å². The first-order valence-corrected chi connectivity index (χ1v) is 8.66. The first-order chi connectivity index (χ1) is 7.35. The van der Waals surface area contributed by atoms with E-state index in [0.29, 0.717) is 0 Å². The molecule has 0 aromatic heterocycles. The number of hydrogen-bond acceptors (Lipinski definition) is 2. The Morgan fingerprint density at radius 3 is 2.47 bits per heavy atom. The van der Waals surface area contributed by atoms with Gasteiger partial charge in [0.25, 0.3) is 0 Å². The summed E-state index contributed by atoms with van der Waals surface area (Å²) in [6.45, 7) is 2.21. The van der Waals surface area contributed by atoms with Crippen LogP contribution in [-0.4, -0.2) is 16.9 Å². The molecule has 90 valence electrons. The molecule has 0 N–H and O–H groups in total. The lowest BCUT2D eigenvalue weighted by Crippen LogP contribution is -1.92. The van der Waals surface area contributed by atoms with Crippen LogP contribution >= 0.6 is 34.5 Å². The van der Waals surface area contributed by atoms with Crippen molar-refractivity contribution >= 4 is 40.8 Å². The standard InChI is InChI=1S/C8H15NS.C4H9I/c1-10-9-7-6-8-4-2-3-5-8;1-2-3-4-5/h7-8H,2-6H2,1H3;2-4H2,1H3/b9-7+;. The van der Waals surface area contributed by atoms with Gasteiger partial charge in [0.05, 0.1) is 0 Å². The number of alkyl halides is 1. The maximum Gasteiger partial charge on any atom is 0.0128 e. The van der Waals surface area contributed by atoms with Gasteiger partial charge in [-0.1, -0.05) is 61.6 Å². The Kier molecular flexibility index (Phi) is 13.5. The minimum absolute atomic E-state index is 0.955. The fourth-order valence-electron chi connectivity index (χ4n) is 1.65. The Hall–Kier alpha value is 0.750. The quantitative estimate of drug-likeness (QED) is 0.292. The van der Waals surface area contributed by atoms with Crippen molar-refractivity contribution < 1.29 is 0 Å². The van der Waals surface area contributed by atoms with Crippen LogP contribution in [-0.2, 0) is 0 Å². The Labute approximate surface area is 113 Å². The molecule has 0 unspecified atom stereocenters. The van der Waals surface area contributed by atoms with Crippen LogP contribution in [0.1, 0.15) is 51.9 Å². The van der Waals surface area contributed by atoms with Gasteiger partial charge in [0.2, 0.25) is 0 Å². The van der Waals surface area contributed by atoms with E-state index in [1.54, 1.807) is 11.9 Å². The van der Waals surface area contributed by atoms with Gasteiger partial charge in [-0.25, -0.2) is 4.40 Å². The summed E-state index contributed by atoms with van der Waals surface area (Å²) < 4.78 is 5.44. The number of unbranched alkanes of at least 4 members (excludes halogenated alkanes) is 1. The van der Waals surface area contributed by atoms with Gasteiger partial charge in [0.1, 0.15) is 0 Å². The molecule has 0 amide bonds. The third kappa shape index (κ3) is 11.0. The molecule has 0 saturated heterocycles. The van der Waals surface area contributed by atoms with Crippen LogP contribution in [0.25, 0.3) is 0 Å². The van der Waals surface area contributed by atoms with Crippen LogP contribution < -0.4 is 0 Å². The third-order valence-corrected chi connectivity index (χ3v) is 3.70. The highest BCUT2D eigenvalue weighted by molar-refractivity contribution is 14.1. The molecule has 0 atom stereocenters. The minimum Gasteiger partial charge on any atom is -0.229 e. The molecule has 1 aliphatic carbocycles. The summed E-state index contributed by atoms with van der Waals surface area (Å²) in [4.78, 5) is 0. The molecule has 0 bridgehead atoms. The zero-order valence-electron chi connectivity index (χ0n) is 10.0. The lowest BCUT2D eigenvalue weighted by Gasteiger charge is -2.01. The monoisotopic (exact) mass is 341 g/mol. The van der Waals surface area contributed by atoms with Crippen molar-refractivity contribution in [1.82, 2.24) is 0 Å². The first-order valence-electron chi connectivity index (χ1n) is 5.96. The molecule has 0 aromatic rings. The molecule has 1 fully saturated rings. The summed E-state index contributed by atoms with van der Waals surface area (Å²) in [5.74, 6) is 0.955. The van der Waals surface area contributed by atoms with Gasteiger partial charge in [-0.3, -0.25) is 0 Å². The van der Waals surface area contributed by atoms with Crippen LogP contribution in [0.5, 0.6) is 0 Å². The van der Waals surface area contributed by atoms with Gasteiger partial charge in [-0.2, -0.15) is 0 Å². The van der Waals surface area contributed by atoms with Crippen molar-refractivity contribution in [2.45, 2.75) is 51.9 Å². The van der Waals surface area contributed by atoms with E-state index in [4.69, 9.17) is 0 Å². The van der Waals surface area contributed by atoms with Crippen LogP contribution in [0.15, 0.2) is 4.40 Å². The second-order valence-electron chi connectivity index (χ2n) is 3.90. The molecule has 1 rings (SSSR count). The summed E-state index contributed by atoms with van der Waals surface area (Å²) >= 11 is 3.94. The smallest absolute Gasteiger partial charge is 0.0128 e. The minimum atomic E-state index is 0.955. The van der Waals surface area contributed by atoms with Crippen LogP contribution in [0, 0.1) is 5.92 Å². The fraction of sp³-hybridized carbons (Fsp3) is 0.917. The number of rotatable bonds is 5. The third-order valence-electron chi connectivity index (χ3n) is 2.58. The number of hydrogen-bond donors (Lipinski definition) is 0. The largest absolute Gasteiger partial charge is 0.229 e. The molecule has 0 heterocycles. The summed E-state index contributed by atoms with van der Waals surface area (Å²) in [5, 5.41) is 0. The Morgan fingerprint density at radius 2 is 2.07 bits per heavy atom. The normalized spacial score (nSPS) is 16.7. The van der Waals surface area contributed by atoms with Crippen molar-refractivity contribution in [3.05, 3.63) is 0 Å².